The smallest absolute Gasteiger partial charge is 0.0314 e. The minimum absolute atomic E-state index is 0.381. The lowest BCUT2D eigenvalue weighted by Gasteiger charge is -2.14. The van der Waals surface area contributed by atoms with Gasteiger partial charge in [0.1, 0.15) is 0 Å². The normalized spacial score (nSPS) is 12.7. The maximum atomic E-state index is 3.57. The van der Waals surface area contributed by atoms with E-state index in [0.29, 0.717) is 6.04 Å². The molecule has 1 nitrogen and oxygen atoms in total. The van der Waals surface area contributed by atoms with Crippen LogP contribution in [0, 0.1) is 13.8 Å². The van der Waals surface area contributed by atoms with E-state index >= 15 is 0 Å². The Hall–Kier alpha value is -0.640. The average Bonchev–Trinajstić information content (AvgIpc) is 2.66. The van der Waals surface area contributed by atoms with Crippen LogP contribution in [0.3, 0.4) is 0 Å². The van der Waals surface area contributed by atoms with Gasteiger partial charge >= 0.3 is 0 Å². The van der Waals surface area contributed by atoms with Gasteiger partial charge in [-0.15, -0.1) is 11.3 Å². The van der Waals surface area contributed by atoms with Crippen molar-refractivity contribution in [3.63, 3.8) is 0 Å². The minimum atomic E-state index is 0.381. The molecule has 0 bridgehead atoms. The maximum absolute atomic E-state index is 3.57. The Morgan fingerprint density at radius 1 is 1.28 bits per heavy atom. The van der Waals surface area contributed by atoms with Crippen LogP contribution in [0.25, 0.3) is 0 Å². The number of aryl methyl sites for hydroxylation is 2. The fraction of sp³-hybridized carbons (Fsp3) is 0.333. The van der Waals surface area contributed by atoms with Crippen LogP contribution in [0.2, 0.25) is 0 Å². The van der Waals surface area contributed by atoms with Crippen molar-refractivity contribution in [2.75, 3.05) is 0 Å². The Bertz CT molecular complexity index is 514. The topological polar surface area (TPSA) is 12.0 Å². The lowest BCUT2D eigenvalue weighted by Crippen LogP contribution is -2.17. The van der Waals surface area contributed by atoms with Crippen LogP contribution in [-0.2, 0) is 6.54 Å². The van der Waals surface area contributed by atoms with Crippen molar-refractivity contribution in [2.45, 2.75) is 33.4 Å². The van der Waals surface area contributed by atoms with E-state index < -0.39 is 0 Å². The molecular formula is C15H18BrNS. The molecule has 0 aliphatic heterocycles. The molecule has 1 heterocycles. The third kappa shape index (κ3) is 3.44. The zero-order valence-corrected chi connectivity index (χ0v) is 13.4. The minimum Gasteiger partial charge on any atom is -0.305 e. The van der Waals surface area contributed by atoms with Crippen LogP contribution in [0.15, 0.2) is 34.8 Å². The number of thiophene rings is 1. The number of hydrogen-bond acceptors (Lipinski definition) is 2. The van der Waals surface area contributed by atoms with E-state index in [9.17, 15) is 0 Å². The summed E-state index contributed by atoms with van der Waals surface area (Å²) in [6, 6.07) is 11.3. The Morgan fingerprint density at radius 3 is 2.67 bits per heavy atom. The summed E-state index contributed by atoms with van der Waals surface area (Å²) in [4.78, 5) is 2.72. The van der Waals surface area contributed by atoms with Crippen LogP contribution < -0.4 is 5.32 Å². The number of halogens is 1. The van der Waals surface area contributed by atoms with Gasteiger partial charge in [-0.1, -0.05) is 29.8 Å². The largest absolute Gasteiger partial charge is 0.305 e. The number of nitrogens with one attached hydrogen (secondary N) is 1. The monoisotopic (exact) mass is 323 g/mol. The molecule has 0 aliphatic rings. The summed E-state index contributed by atoms with van der Waals surface area (Å²) in [6.07, 6.45) is 0. The van der Waals surface area contributed by atoms with Gasteiger partial charge < -0.3 is 5.32 Å². The van der Waals surface area contributed by atoms with Gasteiger partial charge in [-0.25, -0.2) is 0 Å². The summed E-state index contributed by atoms with van der Waals surface area (Å²) in [6.45, 7) is 7.41. The van der Waals surface area contributed by atoms with Crippen molar-refractivity contribution in [2.24, 2.45) is 0 Å². The molecule has 0 aliphatic carbocycles. The zero-order valence-electron chi connectivity index (χ0n) is 11.0. The number of hydrogen-bond donors (Lipinski definition) is 1. The molecule has 96 valence electrons. The van der Waals surface area contributed by atoms with Crippen molar-refractivity contribution >= 4 is 27.3 Å². The first-order chi connectivity index (χ1) is 8.56. The van der Waals surface area contributed by atoms with Crippen molar-refractivity contribution < 1.29 is 0 Å². The van der Waals surface area contributed by atoms with E-state index in [1.54, 1.807) is 0 Å². The molecule has 2 aromatic rings. The zero-order chi connectivity index (χ0) is 13.1. The third-order valence-corrected chi connectivity index (χ3v) is 5.17. The first-order valence-corrected chi connectivity index (χ1v) is 7.72. The maximum Gasteiger partial charge on any atom is 0.0314 e. The summed E-state index contributed by atoms with van der Waals surface area (Å²) in [5, 5.41) is 3.57. The van der Waals surface area contributed by atoms with E-state index in [4.69, 9.17) is 0 Å². The number of rotatable bonds is 4. The number of benzene rings is 1. The first-order valence-electron chi connectivity index (χ1n) is 6.11. The van der Waals surface area contributed by atoms with Crippen molar-refractivity contribution in [1.82, 2.24) is 5.32 Å². The van der Waals surface area contributed by atoms with Crippen LogP contribution in [0.4, 0.5) is 0 Å². The van der Waals surface area contributed by atoms with Gasteiger partial charge in [-0.2, -0.15) is 0 Å². The Balaban J connectivity index is 1.98. The molecule has 18 heavy (non-hydrogen) atoms. The van der Waals surface area contributed by atoms with Gasteiger partial charge in [0, 0.05) is 26.8 Å². The standard InChI is InChI=1S/C15H18BrNS/c1-10-5-4-6-13(7-10)11(2)17-9-14-8-15(16)12(3)18-14/h4-8,11,17H,9H2,1-3H3/t11-/m1/s1. The van der Waals surface area contributed by atoms with Gasteiger partial charge in [0.25, 0.3) is 0 Å². The lowest BCUT2D eigenvalue weighted by molar-refractivity contribution is 0.578. The molecule has 0 fully saturated rings. The molecule has 0 spiro atoms. The quantitative estimate of drug-likeness (QED) is 0.836. The second-order valence-corrected chi connectivity index (χ2v) is 6.83. The second kappa shape index (κ2) is 6.00. The molecule has 0 amide bonds. The molecule has 2 rings (SSSR count). The highest BCUT2D eigenvalue weighted by molar-refractivity contribution is 9.10. The summed E-state index contributed by atoms with van der Waals surface area (Å²) >= 11 is 5.41. The summed E-state index contributed by atoms with van der Waals surface area (Å²) in [5.41, 5.74) is 2.67. The molecule has 0 radical (unpaired) electrons. The van der Waals surface area contributed by atoms with Crippen molar-refractivity contribution in [3.05, 3.63) is 55.7 Å². The van der Waals surface area contributed by atoms with E-state index in [1.807, 2.05) is 11.3 Å². The Morgan fingerprint density at radius 2 is 2.06 bits per heavy atom. The van der Waals surface area contributed by atoms with Crippen LogP contribution in [-0.4, -0.2) is 0 Å². The predicted molar refractivity (Wildman–Crippen MR) is 83.2 cm³/mol. The fourth-order valence-electron chi connectivity index (χ4n) is 1.92. The molecular weight excluding hydrogens is 306 g/mol. The summed E-state index contributed by atoms with van der Waals surface area (Å²) < 4.78 is 1.22. The van der Waals surface area contributed by atoms with Crippen LogP contribution >= 0.6 is 27.3 Å². The van der Waals surface area contributed by atoms with Gasteiger partial charge in [0.2, 0.25) is 0 Å². The SMILES string of the molecule is Cc1cccc([C@@H](C)NCc2cc(Br)c(C)s2)c1. The molecule has 0 unspecified atom stereocenters. The first kappa shape index (κ1) is 13.8. The molecule has 1 N–H and O–H groups in total. The predicted octanol–water partition coefficient (Wildman–Crippen LogP) is 4.98. The Labute approximate surface area is 121 Å². The highest BCUT2D eigenvalue weighted by atomic mass is 79.9. The average molecular weight is 324 g/mol. The Kier molecular flexibility index (Phi) is 4.60. The highest BCUT2D eigenvalue weighted by Crippen LogP contribution is 2.26. The van der Waals surface area contributed by atoms with E-state index in [-0.39, 0.29) is 0 Å². The van der Waals surface area contributed by atoms with Crippen molar-refractivity contribution in [3.8, 4) is 0 Å². The van der Waals surface area contributed by atoms with E-state index in [2.05, 4.69) is 72.3 Å². The van der Waals surface area contributed by atoms with Gasteiger partial charge in [-0.05, 0) is 48.3 Å². The molecule has 3 heteroatoms. The molecule has 1 atom stereocenters. The molecule has 1 aromatic carbocycles. The second-order valence-electron chi connectivity index (χ2n) is 4.63. The fourth-order valence-corrected chi connectivity index (χ4v) is 3.47. The summed E-state index contributed by atoms with van der Waals surface area (Å²) in [5.74, 6) is 0. The van der Waals surface area contributed by atoms with E-state index in [1.165, 1.54) is 25.4 Å². The molecule has 0 saturated carbocycles. The lowest BCUT2D eigenvalue weighted by atomic mass is 10.1. The molecule has 1 aromatic heterocycles. The summed E-state index contributed by atoms with van der Waals surface area (Å²) in [7, 11) is 0. The van der Waals surface area contributed by atoms with Gasteiger partial charge in [0.15, 0.2) is 0 Å². The van der Waals surface area contributed by atoms with Crippen LogP contribution in [0.5, 0.6) is 0 Å². The molecule has 0 saturated heterocycles. The van der Waals surface area contributed by atoms with Gasteiger partial charge in [-0.3, -0.25) is 0 Å². The highest BCUT2D eigenvalue weighted by Gasteiger charge is 2.07. The van der Waals surface area contributed by atoms with E-state index in [0.717, 1.165) is 6.54 Å². The third-order valence-electron chi connectivity index (χ3n) is 3.03. The van der Waals surface area contributed by atoms with Crippen molar-refractivity contribution in [1.29, 1.82) is 0 Å². The van der Waals surface area contributed by atoms with Gasteiger partial charge in [0.05, 0.1) is 0 Å². The van der Waals surface area contributed by atoms with Crippen LogP contribution in [0.1, 0.15) is 33.8 Å².